The predicted molar refractivity (Wildman–Crippen MR) is 91.4 cm³/mol. The zero-order valence-corrected chi connectivity index (χ0v) is 13.6. The fourth-order valence-corrected chi connectivity index (χ4v) is 3.72. The van der Waals surface area contributed by atoms with Crippen molar-refractivity contribution >= 4 is 20.9 Å². The second-order valence-electron chi connectivity index (χ2n) is 6.11. The van der Waals surface area contributed by atoms with Crippen LogP contribution in [0.3, 0.4) is 0 Å². The Morgan fingerprint density at radius 3 is 2.52 bits per heavy atom. The van der Waals surface area contributed by atoms with Crippen LogP contribution in [0, 0.1) is 5.92 Å². The van der Waals surface area contributed by atoms with Gasteiger partial charge in [-0.15, -0.1) is 0 Å². The van der Waals surface area contributed by atoms with Crippen molar-refractivity contribution in [1.29, 1.82) is 0 Å². The Morgan fingerprint density at radius 2 is 1.91 bits per heavy atom. The largest absolute Gasteiger partial charge is 0.493 e. The first-order valence-corrected chi connectivity index (χ1v) is 7.87. The van der Waals surface area contributed by atoms with Crippen LogP contribution in [0.5, 0.6) is 11.5 Å². The van der Waals surface area contributed by atoms with Crippen LogP contribution in [0.25, 0.3) is 0 Å². The van der Waals surface area contributed by atoms with E-state index in [1.54, 1.807) is 20.3 Å². The molecule has 0 spiro atoms. The van der Waals surface area contributed by atoms with Crippen molar-refractivity contribution in [2.24, 2.45) is 5.92 Å². The summed E-state index contributed by atoms with van der Waals surface area (Å²) in [6.07, 6.45) is 5.75. The van der Waals surface area contributed by atoms with Gasteiger partial charge in [0.1, 0.15) is 13.1 Å². The molecule has 117 valence electrons. The number of benzene rings is 1. The summed E-state index contributed by atoms with van der Waals surface area (Å²) in [4.78, 5) is 14.0. The molecule has 2 saturated heterocycles. The second-order valence-corrected chi connectivity index (χ2v) is 6.11. The van der Waals surface area contributed by atoms with Gasteiger partial charge in [-0.3, -0.25) is 4.79 Å². The molecule has 2 heterocycles. The third kappa shape index (κ3) is 2.80. The number of carbonyl (C=O) groups is 1. The first kappa shape index (κ1) is 16.2. The quantitative estimate of drug-likeness (QED) is 0.776. The summed E-state index contributed by atoms with van der Waals surface area (Å²) < 4.78 is 10.0. The third-order valence-corrected chi connectivity index (χ3v) is 4.91. The number of hydrogen-bond donors (Lipinski definition) is 0. The third-order valence-electron chi connectivity index (χ3n) is 4.91. The highest BCUT2D eigenvalue weighted by molar-refractivity contribution is 6.64. The van der Waals surface area contributed by atoms with Crippen LogP contribution in [-0.2, 0) is 4.79 Å². The smallest absolute Gasteiger partial charge is 0.160 e. The molecule has 0 amide bonds. The summed E-state index contributed by atoms with van der Waals surface area (Å²) in [5.74, 6) is 2.12. The average Bonchev–Trinajstić information content (AvgIpc) is 3.16. The van der Waals surface area contributed by atoms with Gasteiger partial charge in [0.15, 0.2) is 11.5 Å². The number of carbonyl (C=O) groups excluding carboxylic acids is 1. The zero-order chi connectivity index (χ0) is 16.4. The molecule has 3 aliphatic rings. The Bertz CT molecular complexity index is 599. The Morgan fingerprint density at radius 1 is 1.26 bits per heavy atom. The Kier molecular flexibility index (Phi) is 4.53. The number of methoxy groups -OCH3 is 2. The van der Waals surface area contributed by atoms with E-state index in [9.17, 15) is 4.79 Å². The van der Waals surface area contributed by atoms with E-state index >= 15 is 0 Å². The van der Waals surface area contributed by atoms with Crippen LogP contribution in [0.15, 0.2) is 36.4 Å². The maximum atomic E-state index is 11.6. The normalized spacial score (nSPS) is 31.0. The van der Waals surface area contributed by atoms with Crippen molar-refractivity contribution < 1.29 is 14.3 Å². The van der Waals surface area contributed by atoms with Gasteiger partial charge in [-0.2, -0.15) is 0 Å². The molecular weight excluding hydrogens is 288 g/mol. The van der Waals surface area contributed by atoms with E-state index in [2.05, 4.69) is 4.90 Å². The van der Waals surface area contributed by atoms with Crippen LogP contribution in [0.4, 0.5) is 0 Å². The minimum absolute atomic E-state index is 0.0816. The Hall–Kier alpha value is -1.68. The highest BCUT2D eigenvalue weighted by Gasteiger charge is 2.54. The summed E-state index contributed by atoms with van der Waals surface area (Å²) in [6.45, 7) is 1.09. The van der Waals surface area contributed by atoms with Crippen molar-refractivity contribution in [3.8, 4) is 11.5 Å². The molecule has 3 unspecified atom stereocenters. The van der Waals surface area contributed by atoms with Crippen molar-refractivity contribution in [1.82, 2.24) is 4.90 Å². The number of ketones is 1. The number of nitrogens with zero attached hydrogens (tertiary/aromatic N) is 1. The number of para-hydroxylation sites is 2. The number of rotatable bonds is 2. The summed E-state index contributed by atoms with van der Waals surface area (Å²) >= 11 is 0. The molecular formula is C17H20B2NO3. The molecule has 0 N–H and O–H groups in total. The van der Waals surface area contributed by atoms with Gasteiger partial charge in [0.2, 0.25) is 0 Å². The molecule has 2 aliphatic heterocycles. The van der Waals surface area contributed by atoms with Crippen LogP contribution in [0.1, 0.15) is 6.42 Å². The minimum atomic E-state index is -0.671. The van der Waals surface area contributed by atoms with Gasteiger partial charge < -0.3 is 14.4 Å². The Balaban J connectivity index is 0.000000142. The molecule has 2 fully saturated rings. The summed E-state index contributed by atoms with van der Waals surface area (Å²) in [5.41, 5.74) is 0. The van der Waals surface area contributed by atoms with Gasteiger partial charge >= 0.3 is 0 Å². The highest BCUT2D eigenvalue weighted by Crippen LogP contribution is 2.48. The minimum Gasteiger partial charge on any atom is -0.493 e. The fourth-order valence-electron chi connectivity index (χ4n) is 3.72. The van der Waals surface area contributed by atoms with Crippen molar-refractivity contribution in [3.05, 3.63) is 36.4 Å². The van der Waals surface area contributed by atoms with Crippen molar-refractivity contribution in [3.63, 3.8) is 0 Å². The van der Waals surface area contributed by atoms with Gasteiger partial charge in [0.05, 0.1) is 22.1 Å². The maximum Gasteiger partial charge on any atom is 0.160 e. The topological polar surface area (TPSA) is 38.8 Å². The predicted octanol–water partition coefficient (Wildman–Crippen LogP) is 1.48. The van der Waals surface area contributed by atoms with Crippen LogP contribution in [-0.4, -0.2) is 59.1 Å². The van der Waals surface area contributed by atoms with E-state index in [1.165, 1.54) is 0 Å². The molecule has 6 heteroatoms. The molecule has 0 bridgehead atoms. The van der Waals surface area contributed by atoms with Gasteiger partial charge in [0.25, 0.3) is 0 Å². The fraction of sp³-hybridized carbons (Fsp3) is 0.471. The number of hydrogen-bond acceptors (Lipinski definition) is 4. The molecule has 4 rings (SSSR count). The summed E-state index contributed by atoms with van der Waals surface area (Å²) in [7, 11) is 11.4. The van der Waals surface area contributed by atoms with E-state index in [4.69, 9.17) is 17.3 Å². The van der Waals surface area contributed by atoms with Crippen LogP contribution < -0.4 is 9.47 Å². The van der Waals surface area contributed by atoms with Gasteiger partial charge in [-0.1, -0.05) is 18.2 Å². The van der Waals surface area contributed by atoms with E-state index in [0.29, 0.717) is 5.92 Å². The van der Waals surface area contributed by atoms with Crippen LogP contribution in [0.2, 0.25) is 5.21 Å². The monoisotopic (exact) mass is 308 g/mol. The first-order valence-electron chi connectivity index (χ1n) is 7.87. The van der Waals surface area contributed by atoms with E-state index in [0.717, 1.165) is 30.9 Å². The van der Waals surface area contributed by atoms with E-state index < -0.39 is 5.21 Å². The molecule has 0 saturated carbocycles. The highest BCUT2D eigenvalue weighted by atomic mass is 16.5. The lowest BCUT2D eigenvalue weighted by molar-refractivity contribution is -0.116. The Labute approximate surface area is 139 Å². The van der Waals surface area contributed by atoms with Gasteiger partial charge in [-0.25, -0.2) is 0 Å². The summed E-state index contributed by atoms with van der Waals surface area (Å²) in [5, 5.41) is -0.671. The molecule has 1 aromatic carbocycles. The molecule has 1 aromatic rings. The zero-order valence-electron chi connectivity index (χ0n) is 13.6. The SMILES string of the molecule is COc1ccccc1OC.[B]C12[B]CN3CCC(C=CC1=O)C32. The van der Waals surface area contributed by atoms with Gasteiger partial charge in [-0.05, 0) is 48.8 Å². The lowest BCUT2D eigenvalue weighted by Gasteiger charge is -2.36. The molecule has 0 aromatic heterocycles. The molecule has 3 radical (unpaired) electrons. The number of allylic oxidation sites excluding steroid dienone is 1. The molecule has 3 atom stereocenters. The maximum absolute atomic E-state index is 11.6. The van der Waals surface area contributed by atoms with Crippen molar-refractivity contribution in [2.45, 2.75) is 17.7 Å². The van der Waals surface area contributed by atoms with Gasteiger partial charge in [0, 0.05) is 6.04 Å². The van der Waals surface area contributed by atoms with E-state index in [1.807, 2.05) is 37.6 Å². The molecule has 4 nitrogen and oxygen atoms in total. The second kappa shape index (κ2) is 6.44. The van der Waals surface area contributed by atoms with Crippen LogP contribution >= 0.6 is 0 Å². The summed E-state index contributed by atoms with van der Waals surface area (Å²) in [6, 6.07) is 7.78. The molecule has 23 heavy (non-hydrogen) atoms. The number of ether oxygens (including phenoxy) is 2. The van der Waals surface area contributed by atoms with Crippen molar-refractivity contribution in [2.75, 3.05) is 27.2 Å². The van der Waals surface area contributed by atoms with E-state index in [-0.39, 0.29) is 11.8 Å². The average molecular weight is 308 g/mol. The first-order chi connectivity index (χ1) is 11.1. The lowest BCUT2D eigenvalue weighted by Crippen LogP contribution is -2.43. The standard InChI is InChI=1S/C9H10B2NO.C8H10O2/c10-9-7(13)2-1-6-3-4-12(5-11-9)8(6)9;1-9-7-5-3-4-6-8(7)10-2/h1-2,6,8H,3-5H2;3-6H,1-2H3. The molecule has 1 aliphatic carbocycles. The lowest BCUT2D eigenvalue weighted by atomic mass is 9.38.